The molecule has 0 aliphatic carbocycles. The topological polar surface area (TPSA) is 118 Å². The van der Waals surface area contributed by atoms with Crippen LogP contribution in [-0.2, 0) is 0 Å². The van der Waals surface area contributed by atoms with Crippen molar-refractivity contribution < 1.29 is 9.90 Å². The van der Waals surface area contributed by atoms with Gasteiger partial charge in [0.2, 0.25) is 0 Å². The van der Waals surface area contributed by atoms with Crippen LogP contribution in [0.25, 0.3) is 22.3 Å². The number of anilines is 2. The summed E-state index contributed by atoms with van der Waals surface area (Å²) in [7, 11) is 1.98. The summed E-state index contributed by atoms with van der Waals surface area (Å²) >= 11 is 0. The van der Waals surface area contributed by atoms with E-state index in [4.69, 9.17) is 11.5 Å². The second-order valence-corrected chi connectivity index (χ2v) is 8.37. The van der Waals surface area contributed by atoms with Crippen molar-refractivity contribution in [3.05, 3.63) is 59.3 Å². The van der Waals surface area contributed by atoms with E-state index in [9.17, 15) is 9.90 Å². The number of carbonyl (C=O) groups excluding carboxylic acids is 1. The predicted molar refractivity (Wildman–Crippen MR) is 129 cm³/mol. The lowest BCUT2D eigenvalue weighted by molar-refractivity contribution is 0.100. The molecule has 7 nitrogen and oxygen atoms in total. The van der Waals surface area contributed by atoms with E-state index in [1.807, 2.05) is 45.2 Å². The molecule has 2 heterocycles. The number of aromatic nitrogens is 1. The molecule has 0 radical (unpaired) electrons. The fourth-order valence-electron chi connectivity index (χ4n) is 4.46. The van der Waals surface area contributed by atoms with Gasteiger partial charge in [0.15, 0.2) is 0 Å². The number of pyridine rings is 1. The zero-order valence-corrected chi connectivity index (χ0v) is 18.6. The van der Waals surface area contributed by atoms with E-state index in [0.717, 1.165) is 47.6 Å². The van der Waals surface area contributed by atoms with Gasteiger partial charge in [-0.3, -0.25) is 4.79 Å². The summed E-state index contributed by atoms with van der Waals surface area (Å²) < 4.78 is 0. The Kier molecular flexibility index (Phi) is 5.76. The summed E-state index contributed by atoms with van der Waals surface area (Å²) in [6, 6.07) is 11.6. The van der Waals surface area contributed by atoms with Gasteiger partial charge >= 0.3 is 0 Å². The highest BCUT2D eigenvalue weighted by atomic mass is 16.3. The molecule has 4 rings (SSSR count). The van der Waals surface area contributed by atoms with Crippen LogP contribution in [0.3, 0.4) is 0 Å². The quantitative estimate of drug-likeness (QED) is 0.461. The molecular weight excluding hydrogens is 402 g/mol. The van der Waals surface area contributed by atoms with Crippen molar-refractivity contribution >= 4 is 17.4 Å². The highest BCUT2D eigenvalue weighted by Gasteiger charge is 2.23. The monoisotopic (exact) mass is 431 g/mol. The Morgan fingerprint density at radius 3 is 2.66 bits per heavy atom. The molecule has 3 aromatic rings. The number of phenolic OH excluding ortho intramolecular Hbond substituents is 1. The molecule has 1 saturated heterocycles. The van der Waals surface area contributed by atoms with Crippen LogP contribution >= 0.6 is 0 Å². The summed E-state index contributed by atoms with van der Waals surface area (Å²) in [5.41, 5.74) is 17.5. The standard InChI is InChI=1S/C25H29N5O2/c1-14-4-5-21(31)15(2)23(14)19-10-17(11-20(24(19)26)25(27)32)16-6-8-29-22(12-16)30-9-7-18(13-30)28-3/h4-6,8,10-12,18,28,31H,7,9,13,26H2,1-3H3,(H2,27,32)/t18-/m1/s1. The lowest BCUT2D eigenvalue weighted by Gasteiger charge is -2.20. The zero-order chi connectivity index (χ0) is 23.0. The molecule has 1 atom stereocenters. The van der Waals surface area contributed by atoms with E-state index in [1.165, 1.54) is 0 Å². The molecule has 7 heteroatoms. The van der Waals surface area contributed by atoms with Crippen LogP contribution in [0.5, 0.6) is 5.75 Å². The second-order valence-electron chi connectivity index (χ2n) is 8.37. The van der Waals surface area contributed by atoms with Gasteiger partial charge in [-0.2, -0.15) is 0 Å². The Morgan fingerprint density at radius 2 is 1.97 bits per heavy atom. The first-order valence-corrected chi connectivity index (χ1v) is 10.7. The molecule has 1 aromatic heterocycles. The molecule has 32 heavy (non-hydrogen) atoms. The number of aryl methyl sites for hydroxylation is 1. The Bertz CT molecular complexity index is 1190. The van der Waals surface area contributed by atoms with Crippen molar-refractivity contribution in [2.24, 2.45) is 5.73 Å². The van der Waals surface area contributed by atoms with Gasteiger partial charge in [0.1, 0.15) is 11.6 Å². The lowest BCUT2D eigenvalue weighted by atomic mass is 9.89. The fraction of sp³-hybridized carbons (Fsp3) is 0.280. The average molecular weight is 432 g/mol. The highest BCUT2D eigenvalue weighted by Crippen LogP contribution is 2.40. The SMILES string of the molecule is CN[C@@H]1CCN(c2cc(-c3cc(C(N)=O)c(N)c(-c4c(C)ccc(O)c4C)c3)ccn2)C1. The maximum Gasteiger partial charge on any atom is 0.250 e. The summed E-state index contributed by atoms with van der Waals surface area (Å²) in [6.07, 6.45) is 2.85. The minimum absolute atomic E-state index is 0.176. The van der Waals surface area contributed by atoms with Crippen LogP contribution in [-0.4, -0.2) is 42.2 Å². The van der Waals surface area contributed by atoms with Gasteiger partial charge in [0, 0.05) is 30.9 Å². The number of hydrogen-bond acceptors (Lipinski definition) is 6. The van der Waals surface area contributed by atoms with Gasteiger partial charge in [0.25, 0.3) is 5.91 Å². The Hall–Kier alpha value is -3.58. The van der Waals surface area contributed by atoms with Crippen molar-refractivity contribution in [2.75, 3.05) is 30.8 Å². The van der Waals surface area contributed by atoms with Gasteiger partial charge in [-0.15, -0.1) is 0 Å². The number of benzene rings is 2. The summed E-state index contributed by atoms with van der Waals surface area (Å²) in [5.74, 6) is 0.478. The summed E-state index contributed by atoms with van der Waals surface area (Å²) in [5, 5.41) is 13.6. The lowest BCUT2D eigenvalue weighted by Crippen LogP contribution is -2.29. The normalized spacial score (nSPS) is 15.8. The van der Waals surface area contributed by atoms with Crippen molar-refractivity contribution in [3.8, 4) is 28.0 Å². The van der Waals surface area contributed by atoms with E-state index < -0.39 is 5.91 Å². The first kappa shape index (κ1) is 21.6. The molecule has 166 valence electrons. The van der Waals surface area contributed by atoms with Crippen LogP contribution in [0.1, 0.15) is 27.9 Å². The molecule has 1 aliphatic rings. The number of nitrogen functional groups attached to an aromatic ring is 1. The third kappa shape index (κ3) is 3.87. The molecule has 6 N–H and O–H groups in total. The minimum Gasteiger partial charge on any atom is -0.508 e. The Morgan fingerprint density at radius 1 is 1.19 bits per heavy atom. The first-order valence-electron chi connectivity index (χ1n) is 10.7. The Balaban J connectivity index is 1.86. The number of aromatic hydroxyl groups is 1. The molecule has 0 saturated carbocycles. The van der Waals surface area contributed by atoms with E-state index in [1.54, 1.807) is 18.3 Å². The third-order valence-electron chi connectivity index (χ3n) is 6.36. The number of carbonyl (C=O) groups is 1. The van der Waals surface area contributed by atoms with Crippen molar-refractivity contribution in [2.45, 2.75) is 26.3 Å². The van der Waals surface area contributed by atoms with Crippen molar-refractivity contribution in [3.63, 3.8) is 0 Å². The number of nitrogens with one attached hydrogen (secondary N) is 1. The number of phenols is 1. The maximum atomic E-state index is 12.2. The van der Waals surface area contributed by atoms with Crippen LogP contribution in [0, 0.1) is 13.8 Å². The molecule has 1 amide bonds. The van der Waals surface area contributed by atoms with Gasteiger partial charge in [0.05, 0.1) is 11.3 Å². The average Bonchev–Trinajstić information content (AvgIpc) is 3.27. The minimum atomic E-state index is -0.591. The fourth-order valence-corrected chi connectivity index (χ4v) is 4.46. The number of hydrogen-bond donors (Lipinski definition) is 4. The van der Waals surface area contributed by atoms with E-state index in [0.29, 0.717) is 22.9 Å². The summed E-state index contributed by atoms with van der Waals surface area (Å²) in [6.45, 7) is 5.62. The van der Waals surface area contributed by atoms with Crippen LogP contribution in [0.4, 0.5) is 11.5 Å². The number of primary amides is 1. The van der Waals surface area contributed by atoms with Crippen LogP contribution in [0.2, 0.25) is 0 Å². The Labute approximate surface area is 188 Å². The van der Waals surface area contributed by atoms with Crippen LogP contribution < -0.4 is 21.7 Å². The smallest absolute Gasteiger partial charge is 0.250 e. The maximum absolute atomic E-state index is 12.2. The first-order chi connectivity index (χ1) is 15.3. The van der Waals surface area contributed by atoms with Gasteiger partial charge in [-0.1, -0.05) is 6.07 Å². The number of nitrogens with two attached hydrogens (primary N) is 2. The summed E-state index contributed by atoms with van der Waals surface area (Å²) in [4.78, 5) is 19.0. The highest BCUT2D eigenvalue weighted by molar-refractivity contribution is 6.04. The van der Waals surface area contributed by atoms with Gasteiger partial charge in [-0.25, -0.2) is 4.98 Å². The second kappa shape index (κ2) is 8.51. The van der Waals surface area contributed by atoms with Gasteiger partial charge in [-0.05, 0) is 85.5 Å². The molecular formula is C25H29N5O2. The number of rotatable bonds is 5. The van der Waals surface area contributed by atoms with E-state index in [-0.39, 0.29) is 11.3 Å². The van der Waals surface area contributed by atoms with Gasteiger partial charge < -0.3 is 26.8 Å². The van der Waals surface area contributed by atoms with E-state index >= 15 is 0 Å². The molecule has 1 fully saturated rings. The molecule has 0 unspecified atom stereocenters. The molecule has 2 aromatic carbocycles. The predicted octanol–water partition coefficient (Wildman–Crippen LogP) is 3.22. The van der Waals surface area contributed by atoms with E-state index in [2.05, 4.69) is 15.2 Å². The molecule has 0 spiro atoms. The number of amides is 1. The zero-order valence-electron chi connectivity index (χ0n) is 18.6. The number of nitrogens with zero attached hydrogens (tertiary/aromatic N) is 2. The molecule has 1 aliphatic heterocycles. The van der Waals surface area contributed by atoms with Crippen LogP contribution in [0.15, 0.2) is 42.6 Å². The molecule has 0 bridgehead atoms. The number of likely N-dealkylation sites (N-methyl/N-ethyl adjacent to an activating group) is 1. The largest absolute Gasteiger partial charge is 0.508 e. The van der Waals surface area contributed by atoms with Crippen molar-refractivity contribution in [1.29, 1.82) is 0 Å². The van der Waals surface area contributed by atoms with Crippen molar-refractivity contribution in [1.82, 2.24) is 10.3 Å². The third-order valence-corrected chi connectivity index (χ3v) is 6.36.